The van der Waals surface area contributed by atoms with E-state index in [9.17, 15) is 9.59 Å². The van der Waals surface area contributed by atoms with E-state index in [-0.39, 0.29) is 22.8 Å². The fourth-order valence-electron chi connectivity index (χ4n) is 2.39. The minimum atomic E-state index is -0.741. The zero-order valence-electron chi connectivity index (χ0n) is 17.6. The number of allylic oxidation sites excluding steroid dienone is 1. The number of ether oxygens (including phenoxy) is 4. The van der Waals surface area contributed by atoms with Crippen molar-refractivity contribution in [1.82, 2.24) is 0 Å². The molecular weight excluding hydrogens is 372 g/mol. The standard InChI is InChI=1S/C23H26O6/c1-23(2,3)22(25)29-20-14-17(27-5)13-19(28-6)21(20)18(24)12-9-15-7-10-16(26-4)11-8-15/h7-14H,1-6H3/b12-9+. The van der Waals surface area contributed by atoms with Gasteiger partial charge in [-0.25, -0.2) is 0 Å². The summed E-state index contributed by atoms with van der Waals surface area (Å²) in [5.74, 6) is 0.643. The van der Waals surface area contributed by atoms with Crippen LogP contribution in [0.2, 0.25) is 0 Å². The average Bonchev–Trinajstić information content (AvgIpc) is 2.70. The van der Waals surface area contributed by atoms with E-state index in [2.05, 4.69) is 0 Å². The van der Waals surface area contributed by atoms with Crippen LogP contribution in [0.1, 0.15) is 36.7 Å². The van der Waals surface area contributed by atoms with Gasteiger partial charge in [-0.05, 0) is 44.5 Å². The van der Waals surface area contributed by atoms with E-state index in [4.69, 9.17) is 18.9 Å². The van der Waals surface area contributed by atoms with Crippen LogP contribution in [-0.4, -0.2) is 33.1 Å². The van der Waals surface area contributed by atoms with Gasteiger partial charge in [-0.15, -0.1) is 0 Å². The molecule has 2 rings (SSSR count). The highest BCUT2D eigenvalue weighted by Gasteiger charge is 2.27. The maximum absolute atomic E-state index is 12.9. The summed E-state index contributed by atoms with van der Waals surface area (Å²) in [6, 6.07) is 10.3. The van der Waals surface area contributed by atoms with E-state index in [0.29, 0.717) is 5.75 Å². The van der Waals surface area contributed by atoms with Gasteiger partial charge in [0.05, 0.1) is 26.7 Å². The number of esters is 1. The van der Waals surface area contributed by atoms with Crippen LogP contribution < -0.4 is 18.9 Å². The van der Waals surface area contributed by atoms with Crippen LogP contribution >= 0.6 is 0 Å². The maximum atomic E-state index is 12.9. The fraction of sp³-hybridized carbons (Fsp3) is 0.304. The summed E-state index contributed by atoms with van der Waals surface area (Å²) < 4.78 is 21.3. The lowest BCUT2D eigenvalue weighted by Gasteiger charge is -2.19. The molecule has 0 aliphatic rings. The Morgan fingerprint density at radius 1 is 0.828 bits per heavy atom. The highest BCUT2D eigenvalue weighted by atomic mass is 16.5. The van der Waals surface area contributed by atoms with E-state index in [1.165, 1.54) is 26.4 Å². The van der Waals surface area contributed by atoms with Gasteiger partial charge in [0.15, 0.2) is 5.78 Å². The number of hydrogen-bond donors (Lipinski definition) is 0. The highest BCUT2D eigenvalue weighted by Crippen LogP contribution is 2.36. The second kappa shape index (κ2) is 9.28. The molecule has 0 fully saturated rings. The molecule has 154 valence electrons. The van der Waals surface area contributed by atoms with E-state index < -0.39 is 11.4 Å². The van der Waals surface area contributed by atoms with Crippen LogP contribution in [0, 0.1) is 5.41 Å². The molecule has 0 heterocycles. The molecule has 0 spiro atoms. The first-order chi connectivity index (χ1) is 13.7. The maximum Gasteiger partial charge on any atom is 0.316 e. The van der Waals surface area contributed by atoms with Crippen molar-refractivity contribution in [3.63, 3.8) is 0 Å². The lowest BCUT2D eigenvalue weighted by molar-refractivity contribution is -0.143. The SMILES string of the molecule is COc1ccc(/C=C/C(=O)c2c(OC)cc(OC)cc2OC(=O)C(C)(C)C)cc1. The van der Waals surface area contributed by atoms with Crippen molar-refractivity contribution < 1.29 is 28.5 Å². The first-order valence-electron chi connectivity index (χ1n) is 9.04. The molecule has 0 amide bonds. The van der Waals surface area contributed by atoms with Gasteiger partial charge >= 0.3 is 5.97 Å². The van der Waals surface area contributed by atoms with Crippen LogP contribution in [0.25, 0.3) is 6.08 Å². The Hall–Kier alpha value is -3.28. The summed E-state index contributed by atoms with van der Waals surface area (Å²) in [7, 11) is 4.51. The van der Waals surface area contributed by atoms with Gasteiger partial charge in [0.2, 0.25) is 0 Å². The first kappa shape index (κ1) is 22.0. The molecule has 2 aromatic carbocycles. The summed E-state index contributed by atoms with van der Waals surface area (Å²) in [5, 5.41) is 0. The van der Waals surface area contributed by atoms with Crippen molar-refractivity contribution in [2.24, 2.45) is 5.41 Å². The van der Waals surface area contributed by atoms with Gasteiger partial charge in [-0.2, -0.15) is 0 Å². The van der Waals surface area contributed by atoms with Crippen LogP contribution in [0.3, 0.4) is 0 Å². The fourth-order valence-corrected chi connectivity index (χ4v) is 2.39. The Balaban J connectivity index is 2.43. The van der Waals surface area contributed by atoms with E-state index >= 15 is 0 Å². The molecule has 0 saturated heterocycles. The van der Waals surface area contributed by atoms with Crippen molar-refractivity contribution in [3.8, 4) is 23.0 Å². The van der Waals surface area contributed by atoms with Gasteiger partial charge in [-0.3, -0.25) is 9.59 Å². The van der Waals surface area contributed by atoms with Gasteiger partial charge in [0.1, 0.15) is 28.6 Å². The minimum Gasteiger partial charge on any atom is -0.497 e. The molecule has 0 saturated carbocycles. The lowest BCUT2D eigenvalue weighted by atomic mass is 9.97. The smallest absolute Gasteiger partial charge is 0.316 e. The molecule has 0 atom stereocenters. The molecule has 6 heteroatoms. The third-order valence-corrected chi connectivity index (χ3v) is 4.10. The Kier molecular flexibility index (Phi) is 7.04. The van der Waals surface area contributed by atoms with Crippen molar-refractivity contribution in [1.29, 1.82) is 0 Å². The molecule has 0 bridgehead atoms. The number of hydrogen-bond acceptors (Lipinski definition) is 6. The van der Waals surface area contributed by atoms with Crippen LogP contribution in [0.5, 0.6) is 23.0 Å². The summed E-state index contributed by atoms with van der Waals surface area (Å²) in [6.45, 7) is 5.20. The second-order valence-electron chi connectivity index (χ2n) is 7.31. The number of carbonyl (C=O) groups excluding carboxylic acids is 2. The average molecular weight is 398 g/mol. The molecule has 29 heavy (non-hydrogen) atoms. The van der Waals surface area contributed by atoms with E-state index in [1.807, 2.05) is 12.1 Å². The van der Waals surface area contributed by atoms with E-state index in [0.717, 1.165) is 11.3 Å². The molecular formula is C23H26O6. The molecule has 0 unspecified atom stereocenters. The molecule has 0 radical (unpaired) electrons. The lowest BCUT2D eigenvalue weighted by Crippen LogP contribution is -2.26. The second-order valence-corrected chi connectivity index (χ2v) is 7.31. The number of carbonyl (C=O) groups is 2. The Bertz CT molecular complexity index is 904. The monoisotopic (exact) mass is 398 g/mol. The number of methoxy groups -OCH3 is 3. The summed E-state index contributed by atoms with van der Waals surface area (Å²) in [6.07, 6.45) is 3.07. The predicted octanol–water partition coefficient (Wildman–Crippen LogP) is 4.56. The molecule has 2 aromatic rings. The number of ketones is 1. The summed E-state index contributed by atoms with van der Waals surface area (Å²) in [4.78, 5) is 25.4. The molecule has 0 N–H and O–H groups in total. The van der Waals surface area contributed by atoms with Crippen molar-refractivity contribution >= 4 is 17.8 Å². The molecule has 0 aliphatic heterocycles. The predicted molar refractivity (Wildman–Crippen MR) is 111 cm³/mol. The van der Waals surface area contributed by atoms with Crippen molar-refractivity contribution in [2.45, 2.75) is 20.8 Å². The van der Waals surface area contributed by atoms with Gasteiger partial charge in [0.25, 0.3) is 0 Å². The Labute approximate surface area is 171 Å². The zero-order chi connectivity index (χ0) is 21.6. The minimum absolute atomic E-state index is 0.0884. The summed E-state index contributed by atoms with van der Waals surface area (Å²) in [5.41, 5.74) is 0.228. The molecule has 6 nitrogen and oxygen atoms in total. The Morgan fingerprint density at radius 3 is 1.93 bits per heavy atom. The van der Waals surface area contributed by atoms with Gasteiger partial charge in [0, 0.05) is 12.1 Å². The molecule has 0 aromatic heterocycles. The largest absolute Gasteiger partial charge is 0.497 e. The van der Waals surface area contributed by atoms with E-state index in [1.54, 1.807) is 52.2 Å². The van der Waals surface area contributed by atoms with Gasteiger partial charge in [-0.1, -0.05) is 18.2 Å². The summed E-state index contributed by atoms with van der Waals surface area (Å²) >= 11 is 0. The van der Waals surface area contributed by atoms with Crippen LogP contribution in [0.4, 0.5) is 0 Å². The third kappa shape index (κ3) is 5.60. The van der Waals surface area contributed by atoms with Crippen molar-refractivity contribution in [3.05, 3.63) is 53.6 Å². The zero-order valence-corrected chi connectivity index (χ0v) is 17.6. The molecule has 0 aliphatic carbocycles. The number of benzene rings is 2. The van der Waals surface area contributed by atoms with Gasteiger partial charge < -0.3 is 18.9 Å². The third-order valence-electron chi connectivity index (χ3n) is 4.10. The van der Waals surface area contributed by atoms with Crippen LogP contribution in [-0.2, 0) is 4.79 Å². The highest BCUT2D eigenvalue weighted by molar-refractivity contribution is 6.11. The first-order valence-corrected chi connectivity index (χ1v) is 9.04. The Morgan fingerprint density at radius 2 is 1.41 bits per heavy atom. The normalized spacial score (nSPS) is 11.2. The van der Waals surface area contributed by atoms with Crippen molar-refractivity contribution in [2.75, 3.05) is 21.3 Å². The number of rotatable bonds is 7. The quantitative estimate of drug-likeness (QED) is 0.295. The van der Waals surface area contributed by atoms with Crippen LogP contribution in [0.15, 0.2) is 42.5 Å². The topological polar surface area (TPSA) is 71.1 Å².